The third-order valence-electron chi connectivity index (χ3n) is 1.93. The molecule has 3 N–H and O–H groups in total. The Balaban J connectivity index is 2.43. The Labute approximate surface area is 115 Å². The average Bonchev–Trinajstić information content (AvgIpc) is 2.79. The van der Waals surface area contributed by atoms with Gasteiger partial charge in [0.1, 0.15) is 6.61 Å². The summed E-state index contributed by atoms with van der Waals surface area (Å²) in [7, 11) is -3.23. The third kappa shape index (κ3) is 6.35. The molecule has 8 heteroatoms. The third-order valence-corrected chi connectivity index (χ3v) is 3.50. The van der Waals surface area contributed by atoms with Gasteiger partial charge >= 0.3 is 0 Å². The van der Waals surface area contributed by atoms with E-state index < -0.39 is 10.0 Å². The van der Waals surface area contributed by atoms with E-state index in [0.29, 0.717) is 10.4 Å². The van der Waals surface area contributed by atoms with Gasteiger partial charge in [-0.05, 0) is 6.07 Å². The molecule has 0 saturated heterocycles. The number of nitrogens with one attached hydrogen (secondary N) is 2. The molecule has 1 rings (SSSR count). The van der Waals surface area contributed by atoms with E-state index >= 15 is 0 Å². The fourth-order valence-electron chi connectivity index (χ4n) is 1.16. The summed E-state index contributed by atoms with van der Waals surface area (Å²) >= 11 is 1.30. The highest BCUT2D eigenvalue weighted by molar-refractivity contribution is 7.88. The monoisotopic (exact) mass is 302 g/mol. The van der Waals surface area contributed by atoms with Crippen LogP contribution < -0.4 is 10.0 Å². The largest absolute Gasteiger partial charge is 0.384 e. The molecule has 0 radical (unpaired) electrons. The number of hydrogen-bond acceptors (Lipinski definition) is 5. The maximum absolute atomic E-state index is 11.7. The Morgan fingerprint density at radius 3 is 2.84 bits per heavy atom. The van der Waals surface area contributed by atoms with Gasteiger partial charge in [-0.15, -0.1) is 11.3 Å². The normalized spacial score (nSPS) is 10.6. The molecule has 1 heterocycles. The van der Waals surface area contributed by atoms with Crippen LogP contribution in [-0.4, -0.2) is 45.4 Å². The topological polar surface area (TPSA) is 95.5 Å². The molecule has 1 aromatic heterocycles. The maximum atomic E-state index is 11.7. The van der Waals surface area contributed by atoms with Gasteiger partial charge in [-0.25, -0.2) is 13.1 Å². The molecule has 0 bridgehead atoms. The molecule has 0 aliphatic carbocycles. The van der Waals surface area contributed by atoms with Crippen LogP contribution in [0.2, 0.25) is 0 Å². The molecule has 104 valence electrons. The lowest BCUT2D eigenvalue weighted by atomic mass is 10.3. The van der Waals surface area contributed by atoms with E-state index in [1.165, 1.54) is 11.3 Å². The minimum absolute atomic E-state index is 0.145. The highest BCUT2D eigenvalue weighted by Gasteiger charge is 2.07. The molecule has 1 aromatic rings. The smallest absolute Gasteiger partial charge is 0.252 e. The molecule has 1 amide bonds. The lowest BCUT2D eigenvalue weighted by molar-refractivity contribution is 0.0955. The van der Waals surface area contributed by atoms with Gasteiger partial charge in [0.15, 0.2) is 0 Å². The predicted octanol–water partition coefficient (Wildman–Crippen LogP) is -0.629. The van der Waals surface area contributed by atoms with E-state index in [-0.39, 0.29) is 25.6 Å². The molecule has 0 spiro atoms. The molecular weight excluding hydrogens is 288 g/mol. The Kier molecular flexibility index (Phi) is 5.98. The van der Waals surface area contributed by atoms with Crippen LogP contribution in [0.5, 0.6) is 0 Å². The van der Waals surface area contributed by atoms with Gasteiger partial charge in [0.25, 0.3) is 5.91 Å². The lowest BCUT2D eigenvalue weighted by Crippen LogP contribution is -2.34. The van der Waals surface area contributed by atoms with Crippen LogP contribution in [0, 0.1) is 11.8 Å². The second-order valence-corrected chi connectivity index (χ2v) is 6.33. The summed E-state index contributed by atoms with van der Waals surface area (Å²) in [6, 6.07) is 1.62. The first kappa shape index (κ1) is 15.7. The van der Waals surface area contributed by atoms with Gasteiger partial charge in [-0.3, -0.25) is 4.79 Å². The van der Waals surface area contributed by atoms with E-state index in [9.17, 15) is 13.2 Å². The molecule has 0 aliphatic heterocycles. The minimum atomic E-state index is -3.23. The molecule has 0 fully saturated rings. The van der Waals surface area contributed by atoms with Crippen molar-refractivity contribution in [2.45, 2.75) is 0 Å². The number of rotatable bonds is 5. The van der Waals surface area contributed by atoms with E-state index in [1.54, 1.807) is 11.4 Å². The van der Waals surface area contributed by atoms with Crippen molar-refractivity contribution in [3.8, 4) is 11.8 Å². The van der Waals surface area contributed by atoms with Crippen molar-refractivity contribution >= 4 is 27.3 Å². The lowest BCUT2D eigenvalue weighted by Gasteiger charge is -2.03. The second-order valence-electron chi connectivity index (χ2n) is 3.58. The number of aliphatic hydroxyl groups is 1. The zero-order valence-electron chi connectivity index (χ0n) is 10.3. The van der Waals surface area contributed by atoms with E-state index in [0.717, 1.165) is 6.26 Å². The number of carbonyl (C=O) groups excluding carboxylic acids is 1. The molecule has 6 nitrogen and oxygen atoms in total. The summed E-state index contributed by atoms with van der Waals surface area (Å²) in [5.41, 5.74) is 0.464. The van der Waals surface area contributed by atoms with Gasteiger partial charge in [0, 0.05) is 18.5 Å². The fraction of sp³-hybridized carbons (Fsp3) is 0.364. The van der Waals surface area contributed by atoms with Crippen molar-refractivity contribution in [1.82, 2.24) is 10.0 Å². The second kappa shape index (κ2) is 7.25. The van der Waals surface area contributed by atoms with Crippen LogP contribution in [0.1, 0.15) is 15.2 Å². The van der Waals surface area contributed by atoms with Gasteiger partial charge in [-0.1, -0.05) is 11.8 Å². The molecule has 19 heavy (non-hydrogen) atoms. The first-order valence-electron chi connectivity index (χ1n) is 5.33. The van der Waals surface area contributed by atoms with E-state index in [2.05, 4.69) is 21.9 Å². The van der Waals surface area contributed by atoms with Crippen LogP contribution in [0.25, 0.3) is 0 Å². The number of carbonyl (C=O) groups is 1. The molecule has 0 saturated carbocycles. The standard InChI is InChI=1S/C11H14N2O4S2/c1-19(16,17)13-5-4-12-11(15)9-7-10(18-8-9)3-2-6-14/h7-8,13-14H,4-6H2,1H3,(H,12,15). The van der Waals surface area contributed by atoms with Crippen molar-refractivity contribution < 1.29 is 18.3 Å². The molecule has 0 unspecified atom stereocenters. The summed E-state index contributed by atoms with van der Waals surface area (Å²) in [5, 5.41) is 12.8. The molecule has 0 aromatic carbocycles. The van der Waals surface area contributed by atoms with E-state index in [4.69, 9.17) is 5.11 Å². The Hall–Kier alpha value is -1.40. The zero-order valence-corrected chi connectivity index (χ0v) is 11.9. The predicted molar refractivity (Wildman–Crippen MR) is 73.5 cm³/mol. The molecule has 0 aliphatic rings. The van der Waals surface area contributed by atoms with Gasteiger partial charge in [-0.2, -0.15) is 0 Å². The average molecular weight is 302 g/mol. The zero-order chi connectivity index (χ0) is 14.3. The van der Waals surface area contributed by atoms with Crippen LogP contribution in [0.15, 0.2) is 11.4 Å². The first-order valence-corrected chi connectivity index (χ1v) is 8.10. The van der Waals surface area contributed by atoms with Crippen molar-refractivity contribution in [2.24, 2.45) is 0 Å². The maximum Gasteiger partial charge on any atom is 0.252 e. The quantitative estimate of drug-likeness (QED) is 0.498. The Morgan fingerprint density at radius 1 is 1.47 bits per heavy atom. The summed E-state index contributed by atoms with van der Waals surface area (Å²) in [4.78, 5) is 12.4. The number of amides is 1. The summed E-state index contributed by atoms with van der Waals surface area (Å²) < 4.78 is 23.9. The van der Waals surface area contributed by atoms with Gasteiger partial charge in [0.05, 0.1) is 16.7 Å². The van der Waals surface area contributed by atoms with Crippen molar-refractivity contribution in [1.29, 1.82) is 0 Å². The number of aliphatic hydroxyl groups excluding tert-OH is 1. The number of thiophene rings is 1. The fourth-order valence-corrected chi connectivity index (χ4v) is 2.39. The first-order chi connectivity index (χ1) is 8.92. The summed E-state index contributed by atoms with van der Waals surface area (Å²) in [6.07, 6.45) is 1.06. The minimum Gasteiger partial charge on any atom is -0.384 e. The van der Waals surface area contributed by atoms with Gasteiger partial charge < -0.3 is 10.4 Å². The van der Waals surface area contributed by atoms with Crippen molar-refractivity contribution in [3.63, 3.8) is 0 Å². The Bertz CT molecular complexity index is 596. The molecular formula is C11H14N2O4S2. The highest BCUT2D eigenvalue weighted by Crippen LogP contribution is 2.13. The van der Waals surface area contributed by atoms with Crippen molar-refractivity contribution in [2.75, 3.05) is 26.0 Å². The van der Waals surface area contributed by atoms with Crippen molar-refractivity contribution in [3.05, 3.63) is 21.9 Å². The Morgan fingerprint density at radius 2 is 2.21 bits per heavy atom. The highest BCUT2D eigenvalue weighted by atomic mass is 32.2. The van der Waals surface area contributed by atoms with Crippen LogP contribution >= 0.6 is 11.3 Å². The number of hydrogen-bond donors (Lipinski definition) is 3. The molecule has 0 atom stereocenters. The van der Waals surface area contributed by atoms with E-state index in [1.807, 2.05) is 0 Å². The summed E-state index contributed by atoms with van der Waals surface area (Å²) in [6.45, 7) is 0.127. The van der Waals surface area contributed by atoms with Gasteiger partial charge in [0.2, 0.25) is 10.0 Å². The SMILES string of the molecule is CS(=O)(=O)NCCNC(=O)c1csc(C#CCO)c1. The van der Waals surface area contributed by atoms with Crippen LogP contribution in [-0.2, 0) is 10.0 Å². The van der Waals surface area contributed by atoms with Crippen LogP contribution in [0.4, 0.5) is 0 Å². The number of sulfonamides is 1. The van der Waals surface area contributed by atoms with Crippen LogP contribution in [0.3, 0.4) is 0 Å². The summed E-state index contributed by atoms with van der Waals surface area (Å²) in [5.74, 6) is 4.91.